The lowest BCUT2D eigenvalue weighted by atomic mass is 10.0. The number of aromatic nitrogens is 2. The first-order valence-electron chi connectivity index (χ1n) is 9.97. The van der Waals surface area contributed by atoms with E-state index in [1.165, 1.54) is 27.8 Å². The van der Waals surface area contributed by atoms with Crippen molar-refractivity contribution in [2.45, 2.75) is 26.3 Å². The molecule has 0 saturated heterocycles. The zero-order valence-corrected chi connectivity index (χ0v) is 18.1. The normalized spacial score (nSPS) is 11.5. The molecule has 0 aliphatic heterocycles. The molecule has 1 N–H and O–H groups in total. The van der Waals surface area contributed by atoms with Crippen LogP contribution in [0.15, 0.2) is 76.9 Å². The fraction of sp³-hybridized carbons (Fsp3) is 0.167. The highest BCUT2D eigenvalue weighted by Gasteiger charge is 2.12. The molecular weight excluding hydrogens is 408 g/mol. The highest BCUT2D eigenvalue weighted by molar-refractivity contribution is 7.21. The molecule has 1 amide bonds. The van der Waals surface area contributed by atoms with Gasteiger partial charge in [-0.15, -0.1) is 11.3 Å². The average Bonchev–Trinajstić information content (AvgIpc) is 3.22. The fourth-order valence-electron chi connectivity index (χ4n) is 3.15. The van der Waals surface area contributed by atoms with E-state index < -0.39 is 5.91 Å². The van der Waals surface area contributed by atoms with Crippen LogP contribution in [0.25, 0.3) is 20.7 Å². The molecule has 4 rings (SSSR count). The van der Waals surface area contributed by atoms with Crippen LogP contribution in [0.4, 0.5) is 0 Å². The minimum atomic E-state index is -0.392. The number of rotatable bonds is 6. The third kappa shape index (κ3) is 4.78. The summed E-state index contributed by atoms with van der Waals surface area (Å²) in [6.45, 7) is 4.12. The summed E-state index contributed by atoms with van der Waals surface area (Å²) in [5.74, 6) is 0.0683. The predicted molar refractivity (Wildman–Crippen MR) is 126 cm³/mol. The van der Waals surface area contributed by atoms with Crippen molar-refractivity contribution in [3.63, 3.8) is 0 Å². The maximum Gasteiger partial charge on any atom is 0.262 e. The van der Waals surface area contributed by atoms with Crippen LogP contribution in [0.3, 0.4) is 0 Å². The van der Waals surface area contributed by atoms with Gasteiger partial charge in [-0.2, -0.15) is 5.10 Å². The van der Waals surface area contributed by atoms with E-state index in [-0.39, 0.29) is 12.1 Å². The summed E-state index contributed by atoms with van der Waals surface area (Å²) in [6.07, 6.45) is 2.99. The standard InChI is InChI=1S/C24H22N4O2S/c1-16(2)18-10-8-17(9-11-18)13-26-27-22(29)14-28-15-25-23-20(24(28)30)12-21(31-23)19-6-4-3-5-7-19/h3-13,15-16H,14H2,1-2H3,(H,27,29)/b26-13+. The highest BCUT2D eigenvalue weighted by Crippen LogP contribution is 2.30. The third-order valence-corrected chi connectivity index (χ3v) is 5.99. The van der Waals surface area contributed by atoms with Gasteiger partial charge in [0.05, 0.1) is 17.9 Å². The van der Waals surface area contributed by atoms with Crippen LogP contribution in [-0.2, 0) is 11.3 Å². The van der Waals surface area contributed by atoms with Crippen LogP contribution >= 0.6 is 11.3 Å². The van der Waals surface area contributed by atoms with Gasteiger partial charge in [-0.25, -0.2) is 10.4 Å². The molecule has 0 atom stereocenters. The summed E-state index contributed by atoms with van der Waals surface area (Å²) in [7, 11) is 0. The van der Waals surface area contributed by atoms with Gasteiger partial charge < -0.3 is 0 Å². The molecule has 2 aromatic carbocycles. The Kier molecular flexibility index (Phi) is 6.04. The Labute approximate surface area is 183 Å². The fourth-order valence-corrected chi connectivity index (χ4v) is 4.15. The number of hydrazone groups is 1. The molecule has 0 aliphatic carbocycles. The summed E-state index contributed by atoms with van der Waals surface area (Å²) in [4.78, 5) is 31.0. The molecule has 2 heterocycles. The molecule has 0 bridgehead atoms. The lowest BCUT2D eigenvalue weighted by Crippen LogP contribution is -2.29. The van der Waals surface area contributed by atoms with Crippen LogP contribution < -0.4 is 11.0 Å². The van der Waals surface area contributed by atoms with Crippen molar-refractivity contribution in [3.8, 4) is 10.4 Å². The summed E-state index contributed by atoms with van der Waals surface area (Å²) >= 11 is 1.46. The van der Waals surface area contributed by atoms with Crippen molar-refractivity contribution in [3.05, 3.63) is 88.5 Å². The van der Waals surface area contributed by atoms with Crippen molar-refractivity contribution in [1.29, 1.82) is 0 Å². The van der Waals surface area contributed by atoms with E-state index in [4.69, 9.17) is 0 Å². The Morgan fingerprint density at radius 1 is 1.16 bits per heavy atom. The Morgan fingerprint density at radius 2 is 1.90 bits per heavy atom. The number of carbonyl (C=O) groups is 1. The second-order valence-corrected chi connectivity index (χ2v) is 8.52. The van der Waals surface area contributed by atoms with E-state index in [2.05, 4.69) is 29.4 Å². The molecule has 0 spiro atoms. The molecule has 31 heavy (non-hydrogen) atoms. The summed E-state index contributed by atoms with van der Waals surface area (Å²) in [5.41, 5.74) is 5.39. The smallest absolute Gasteiger partial charge is 0.262 e. The third-order valence-electron chi connectivity index (χ3n) is 4.90. The summed E-state index contributed by atoms with van der Waals surface area (Å²) in [6, 6.07) is 19.7. The lowest BCUT2D eigenvalue weighted by Gasteiger charge is -2.05. The first-order valence-corrected chi connectivity index (χ1v) is 10.8. The lowest BCUT2D eigenvalue weighted by molar-refractivity contribution is -0.121. The Hall–Kier alpha value is -3.58. The van der Waals surface area contributed by atoms with Crippen LogP contribution in [0.5, 0.6) is 0 Å². The number of carbonyl (C=O) groups excluding carboxylic acids is 1. The minimum absolute atomic E-state index is 0.151. The van der Waals surface area contributed by atoms with E-state index in [0.717, 1.165) is 16.0 Å². The maximum absolute atomic E-state index is 12.8. The quantitative estimate of drug-likeness (QED) is 0.364. The zero-order valence-electron chi connectivity index (χ0n) is 17.3. The number of fused-ring (bicyclic) bond motifs is 1. The number of benzene rings is 2. The van der Waals surface area contributed by atoms with E-state index in [1.807, 2.05) is 60.7 Å². The summed E-state index contributed by atoms with van der Waals surface area (Å²) in [5, 5.41) is 4.50. The molecule has 4 aromatic rings. The van der Waals surface area contributed by atoms with Crippen molar-refractivity contribution in [2.24, 2.45) is 5.10 Å². The molecular formula is C24H22N4O2S. The van der Waals surface area contributed by atoms with Gasteiger partial charge in [0.1, 0.15) is 11.4 Å². The molecule has 2 aromatic heterocycles. The van der Waals surface area contributed by atoms with Crippen molar-refractivity contribution >= 4 is 33.7 Å². The average molecular weight is 431 g/mol. The zero-order chi connectivity index (χ0) is 21.8. The molecule has 6 nitrogen and oxygen atoms in total. The molecule has 0 fully saturated rings. The summed E-state index contributed by atoms with van der Waals surface area (Å²) < 4.78 is 1.30. The van der Waals surface area contributed by atoms with Crippen LogP contribution in [0, 0.1) is 0 Å². The van der Waals surface area contributed by atoms with Crippen molar-refractivity contribution in [1.82, 2.24) is 15.0 Å². The van der Waals surface area contributed by atoms with Gasteiger partial charge in [0, 0.05) is 4.88 Å². The van der Waals surface area contributed by atoms with Crippen molar-refractivity contribution in [2.75, 3.05) is 0 Å². The van der Waals surface area contributed by atoms with E-state index in [0.29, 0.717) is 16.1 Å². The molecule has 0 unspecified atom stereocenters. The number of nitrogens with one attached hydrogen (secondary N) is 1. The number of hydrogen-bond acceptors (Lipinski definition) is 5. The Balaban J connectivity index is 1.44. The minimum Gasteiger partial charge on any atom is -0.289 e. The molecule has 156 valence electrons. The maximum atomic E-state index is 12.8. The van der Waals surface area contributed by atoms with Gasteiger partial charge in [-0.1, -0.05) is 68.4 Å². The number of hydrogen-bond donors (Lipinski definition) is 1. The van der Waals surface area contributed by atoms with E-state index >= 15 is 0 Å². The van der Waals surface area contributed by atoms with Crippen LogP contribution in [0.1, 0.15) is 30.9 Å². The van der Waals surface area contributed by atoms with E-state index in [9.17, 15) is 9.59 Å². The molecule has 0 radical (unpaired) electrons. The SMILES string of the molecule is CC(C)c1ccc(/C=N/NC(=O)Cn2cnc3sc(-c4ccccc4)cc3c2=O)cc1. The van der Waals surface area contributed by atoms with Crippen molar-refractivity contribution < 1.29 is 4.79 Å². The second kappa shape index (κ2) is 9.06. The van der Waals surface area contributed by atoms with Gasteiger partial charge in [-0.05, 0) is 28.7 Å². The highest BCUT2D eigenvalue weighted by atomic mass is 32.1. The van der Waals surface area contributed by atoms with E-state index in [1.54, 1.807) is 6.21 Å². The van der Waals surface area contributed by atoms with Gasteiger partial charge in [0.25, 0.3) is 11.5 Å². The Morgan fingerprint density at radius 3 is 2.61 bits per heavy atom. The van der Waals surface area contributed by atoms with Gasteiger partial charge in [0.2, 0.25) is 0 Å². The first-order chi connectivity index (χ1) is 15.0. The topological polar surface area (TPSA) is 76.3 Å². The van der Waals surface area contributed by atoms with Gasteiger partial charge in [0.15, 0.2) is 0 Å². The van der Waals surface area contributed by atoms with Crippen LogP contribution in [-0.4, -0.2) is 21.7 Å². The van der Waals surface area contributed by atoms with Gasteiger partial charge >= 0.3 is 0 Å². The largest absolute Gasteiger partial charge is 0.289 e. The second-order valence-electron chi connectivity index (χ2n) is 7.49. The monoisotopic (exact) mass is 430 g/mol. The Bertz CT molecular complexity index is 1290. The number of amides is 1. The van der Waals surface area contributed by atoms with Gasteiger partial charge in [-0.3, -0.25) is 14.2 Å². The molecule has 0 aliphatic rings. The number of nitrogens with zero attached hydrogens (tertiary/aromatic N) is 3. The van der Waals surface area contributed by atoms with Crippen LogP contribution in [0.2, 0.25) is 0 Å². The molecule has 7 heteroatoms. The first kappa shape index (κ1) is 20.7. The number of thiophene rings is 1. The molecule has 0 saturated carbocycles. The predicted octanol–water partition coefficient (Wildman–Crippen LogP) is 4.40.